The quantitative estimate of drug-likeness (QED) is 0.664. The number of pyridine rings is 1. The van der Waals surface area contributed by atoms with E-state index in [0.717, 1.165) is 41.3 Å². The number of fused-ring (bicyclic) bond motifs is 1. The van der Waals surface area contributed by atoms with Crippen molar-refractivity contribution in [1.29, 1.82) is 0 Å². The van der Waals surface area contributed by atoms with Gasteiger partial charge in [0, 0.05) is 30.1 Å². The van der Waals surface area contributed by atoms with Crippen LogP contribution in [0.1, 0.15) is 42.8 Å². The van der Waals surface area contributed by atoms with Crippen molar-refractivity contribution in [2.45, 2.75) is 39.7 Å². The zero-order valence-corrected chi connectivity index (χ0v) is 16.6. The number of aromatic nitrogens is 3. The van der Waals surface area contributed by atoms with E-state index in [9.17, 15) is 4.79 Å². The zero-order valence-electron chi connectivity index (χ0n) is 15.8. The summed E-state index contributed by atoms with van der Waals surface area (Å²) in [6.07, 6.45) is 3.50. The van der Waals surface area contributed by atoms with Crippen LogP contribution in [0.25, 0.3) is 5.65 Å². The Hall–Kier alpha value is -2.40. The Kier molecular flexibility index (Phi) is 4.64. The average molecular weight is 383 g/mol. The van der Waals surface area contributed by atoms with Gasteiger partial charge < -0.3 is 4.90 Å². The standard InChI is InChI=1S/C21H23ClN4O/c1-4-19(27)18-9-10-25(20(18)15-5-7-16(22)8-6-15)17-11-13(2)21-24-23-14(3)26(21)12-17/h5-8,11-12,18,20H,4,9-10H2,1-3H3. The predicted octanol–water partition coefficient (Wildman–Crippen LogP) is 4.55. The largest absolute Gasteiger partial charge is 0.363 e. The maximum absolute atomic E-state index is 12.7. The summed E-state index contributed by atoms with van der Waals surface area (Å²) in [5.74, 6) is 1.17. The van der Waals surface area contributed by atoms with Gasteiger partial charge in [-0.2, -0.15) is 0 Å². The molecule has 0 radical (unpaired) electrons. The molecule has 5 nitrogen and oxygen atoms in total. The number of halogens is 1. The maximum Gasteiger partial charge on any atom is 0.163 e. The Labute approximate surface area is 164 Å². The van der Waals surface area contributed by atoms with Gasteiger partial charge in [0.2, 0.25) is 0 Å². The summed E-state index contributed by atoms with van der Waals surface area (Å²) in [6, 6.07) is 10.0. The molecule has 2 aromatic heterocycles. The van der Waals surface area contributed by atoms with E-state index in [2.05, 4.69) is 34.3 Å². The topological polar surface area (TPSA) is 50.5 Å². The summed E-state index contributed by atoms with van der Waals surface area (Å²) in [6.45, 7) is 6.79. The highest BCUT2D eigenvalue weighted by Crippen LogP contribution is 2.42. The number of hydrogen-bond donors (Lipinski definition) is 0. The van der Waals surface area contributed by atoms with Gasteiger partial charge in [0.05, 0.1) is 11.7 Å². The van der Waals surface area contributed by atoms with Crippen molar-refractivity contribution >= 4 is 28.7 Å². The van der Waals surface area contributed by atoms with Crippen LogP contribution in [-0.2, 0) is 4.79 Å². The van der Waals surface area contributed by atoms with Crippen LogP contribution in [0.3, 0.4) is 0 Å². The minimum atomic E-state index is -0.00538. The Bertz CT molecular complexity index is 995. The lowest BCUT2D eigenvalue weighted by atomic mass is 9.89. The minimum Gasteiger partial charge on any atom is -0.363 e. The number of nitrogens with zero attached hydrogens (tertiary/aromatic N) is 4. The third-order valence-electron chi connectivity index (χ3n) is 5.55. The highest BCUT2D eigenvalue weighted by molar-refractivity contribution is 6.30. The van der Waals surface area contributed by atoms with E-state index >= 15 is 0 Å². The molecule has 1 fully saturated rings. The van der Waals surface area contributed by atoms with Crippen molar-refractivity contribution in [3.8, 4) is 0 Å². The summed E-state index contributed by atoms with van der Waals surface area (Å²) in [5, 5.41) is 9.16. The molecule has 0 aliphatic carbocycles. The Morgan fingerprint density at radius 2 is 1.96 bits per heavy atom. The SMILES string of the molecule is CCC(=O)C1CCN(c2cc(C)c3nnc(C)n3c2)C1c1ccc(Cl)cc1. The van der Waals surface area contributed by atoms with E-state index in [-0.39, 0.29) is 12.0 Å². The number of benzene rings is 1. The number of aryl methyl sites for hydroxylation is 2. The van der Waals surface area contributed by atoms with Gasteiger partial charge in [-0.05, 0) is 49.6 Å². The number of carbonyl (C=O) groups excluding carboxylic acids is 1. The van der Waals surface area contributed by atoms with E-state index in [1.807, 2.05) is 42.5 Å². The summed E-state index contributed by atoms with van der Waals surface area (Å²) in [5.41, 5.74) is 4.17. The van der Waals surface area contributed by atoms with Gasteiger partial charge in [-0.15, -0.1) is 10.2 Å². The van der Waals surface area contributed by atoms with Crippen molar-refractivity contribution in [2.24, 2.45) is 5.92 Å². The van der Waals surface area contributed by atoms with Gasteiger partial charge >= 0.3 is 0 Å². The third kappa shape index (κ3) is 3.10. The summed E-state index contributed by atoms with van der Waals surface area (Å²) >= 11 is 6.09. The first-order valence-electron chi connectivity index (χ1n) is 9.36. The first-order valence-corrected chi connectivity index (χ1v) is 9.74. The van der Waals surface area contributed by atoms with Crippen molar-refractivity contribution in [3.63, 3.8) is 0 Å². The number of Topliss-reactive ketones (excluding diaryl/α,β-unsaturated/α-hetero) is 1. The molecule has 1 saturated heterocycles. The Balaban J connectivity index is 1.81. The molecular formula is C21H23ClN4O. The lowest BCUT2D eigenvalue weighted by Gasteiger charge is -2.30. The van der Waals surface area contributed by atoms with E-state index in [1.54, 1.807) is 0 Å². The maximum atomic E-state index is 12.7. The van der Waals surface area contributed by atoms with E-state index < -0.39 is 0 Å². The van der Waals surface area contributed by atoms with Crippen LogP contribution in [0, 0.1) is 19.8 Å². The molecule has 3 heterocycles. The van der Waals surface area contributed by atoms with Crippen LogP contribution in [-0.4, -0.2) is 26.9 Å². The summed E-state index contributed by atoms with van der Waals surface area (Å²) < 4.78 is 2.03. The Morgan fingerprint density at radius 3 is 2.67 bits per heavy atom. The number of hydrogen-bond acceptors (Lipinski definition) is 4. The summed E-state index contributed by atoms with van der Waals surface area (Å²) in [4.78, 5) is 15.0. The molecule has 1 aliphatic rings. The molecule has 0 N–H and O–H groups in total. The molecule has 1 aliphatic heterocycles. The third-order valence-corrected chi connectivity index (χ3v) is 5.80. The van der Waals surface area contributed by atoms with Crippen molar-refractivity contribution in [2.75, 3.05) is 11.4 Å². The van der Waals surface area contributed by atoms with Crippen molar-refractivity contribution in [3.05, 3.63) is 58.5 Å². The fraction of sp³-hybridized carbons (Fsp3) is 0.381. The number of ketones is 1. The zero-order chi connectivity index (χ0) is 19.1. The lowest BCUT2D eigenvalue weighted by Crippen LogP contribution is -2.28. The highest BCUT2D eigenvalue weighted by Gasteiger charge is 2.39. The first kappa shape index (κ1) is 18.0. The Morgan fingerprint density at radius 1 is 1.22 bits per heavy atom. The first-order chi connectivity index (χ1) is 13.0. The van der Waals surface area contributed by atoms with Gasteiger partial charge in [0.15, 0.2) is 5.65 Å². The van der Waals surface area contributed by atoms with Gasteiger partial charge in [0.1, 0.15) is 11.6 Å². The molecule has 3 aromatic rings. The average Bonchev–Trinajstić information content (AvgIpc) is 3.26. The van der Waals surface area contributed by atoms with Crippen LogP contribution in [0.4, 0.5) is 5.69 Å². The van der Waals surface area contributed by atoms with Crippen LogP contribution in [0.15, 0.2) is 36.5 Å². The molecule has 0 amide bonds. The predicted molar refractivity (Wildman–Crippen MR) is 107 cm³/mol. The lowest BCUT2D eigenvalue weighted by molar-refractivity contribution is -0.122. The monoisotopic (exact) mass is 382 g/mol. The van der Waals surface area contributed by atoms with Crippen LogP contribution in [0.2, 0.25) is 5.02 Å². The normalized spacial score (nSPS) is 19.8. The van der Waals surface area contributed by atoms with Crippen LogP contribution < -0.4 is 4.90 Å². The fourth-order valence-corrected chi connectivity index (χ4v) is 4.29. The van der Waals surface area contributed by atoms with Crippen molar-refractivity contribution < 1.29 is 4.79 Å². The number of carbonyl (C=O) groups is 1. The second-order valence-electron chi connectivity index (χ2n) is 7.23. The molecule has 2 unspecified atom stereocenters. The van der Waals surface area contributed by atoms with Gasteiger partial charge in [-0.1, -0.05) is 30.7 Å². The van der Waals surface area contributed by atoms with Crippen LogP contribution in [0.5, 0.6) is 0 Å². The number of rotatable bonds is 4. The van der Waals surface area contributed by atoms with Gasteiger partial charge in [-0.3, -0.25) is 9.20 Å². The number of anilines is 1. The van der Waals surface area contributed by atoms with Gasteiger partial charge in [0.25, 0.3) is 0 Å². The molecule has 1 aromatic carbocycles. The molecule has 0 spiro atoms. The molecule has 4 rings (SSSR count). The summed E-state index contributed by atoms with van der Waals surface area (Å²) in [7, 11) is 0. The van der Waals surface area contributed by atoms with E-state index in [1.165, 1.54) is 0 Å². The van der Waals surface area contributed by atoms with E-state index in [0.29, 0.717) is 17.2 Å². The molecular weight excluding hydrogens is 360 g/mol. The molecule has 140 valence electrons. The molecule has 0 bridgehead atoms. The fourth-order valence-electron chi connectivity index (χ4n) is 4.16. The highest BCUT2D eigenvalue weighted by atomic mass is 35.5. The molecule has 2 atom stereocenters. The van der Waals surface area contributed by atoms with Gasteiger partial charge in [-0.25, -0.2) is 0 Å². The minimum absolute atomic E-state index is 0.00538. The molecule has 27 heavy (non-hydrogen) atoms. The second-order valence-corrected chi connectivity index (χ2v) is 7.66. The smallest absolute Gasteiger partial charge is 0.163 e. The van der Waals surface area contributed by atoms with Crippen molar-refractivity contribution in [1.82, 2.24) is 14.6 Å². The van der Waals surface area contributed by atoms with E-state index in [4.69, 9.17) is 11.6 Å². The molecule has 6 heteroatoms. The van der Waals surface area contributed by atoms with Crippen LogP contribution >= 0.6 is 11.6 Å². The molecule has 0 saturated carbocycles. The second kappa shape index (κ2) is 6.97.